The van der Waals surface area contributed by atoms with E-state index in [4.69, 9.17) is 5.73 Å². The standard InChI is InChI=1S/C20H23FN6O/c1-25-18-17(6-7-24-18)19(26-8-2-3-16(23)12-26)27(20(25)28)11-14-9-15(21)5-4-13(14)10-22/h4-7,9,16,18,24H,2-3,8,11-12,23H2,1H3/t16-,18?/m1/s1. The van der Waals surface area contributed by atoms with Gasteiger partial charge in [-0.2, -0.15) is 5.26 Å². The zero-order valence-electron chi connectivity index (χ0n) is 15.7. The van der Waals surface area contributed by atoms with Gasteiger partial charge in [-0.25, -0.2) is 9.18 Å². The quantitative estimate of drug-likeness (QED) is 0.830. The molecule has 0 saturated carbocycles. The Bertz CT molecular complexity index is 904. The molecule has 3 heterocycles. The van der Waals surface area contributed by atoms with E-state index in [-0.39, 0.29) is 24.8 Å². The van der Waals surface area contributed by atoms with E-state index in [9.17, 15) is 14.4 Å². The number of nitrogens with zero attached hydrogens (tertiary/aromatic N) is 4. The van der Waals surface area contributed by atoms with E-state index in [1.54, 1.807) is 16.8 Å². The summed E-state index contributed by atoms with van der Waals surface area (Å²) in [5, 5.41) is 12.6. The van der Waals surface area contributed by atoms with Crippen molar-refractivity contribution < 1.29 is 9.18 Å². The van der Waals surface area contributed by atoms with Gasteiger partial charge in [-0.3, -0.25) is 4.90 Å². The van der Waals surface area contributed by atoms with Crippen molar-refractivity contribution in [3.8, 4) is 6.07 Å². The number of hydrogen-bond donors (Lipinski definition) is 2. The highest BCUT2D eigenvalue weighted by molar-refractivity contribution is 5.79. The van der Waals surface area contributed by atoms with Crippen LogP contribution < -0.4 is 11.1 Å². The largest absolute Gasteiger partial charge is 0.367 e. The first kappa shape index (κ1) is 18.3. The van der Waals surface area contributed by atoms with Gasteiger partial charge < -0.3 is 20.9 Å². The van der Waals surface area contributed by atoms with Gasteiger partial charge in [0.1, 0.15) is 17.8 Å². The number of hydrogen-bond acceptors (Lipinski definition) is 5. The predicted octanol–water partition coefficient (Wildman–Crippen LogP) is 1.64. The smallest absolute Gasteiger partial charge is 0.327 e. The summed E-state index contributed by atoms with van der Waals surface area (Å²) in [4.78, 5) is 18.6. The second-order valence-corrected chi connectivity index (χ2v) is 7.42. The van der Waals surface area contributed by atoms with Gasteiger partial charge in [-0.05, 0) is 48.9 Å². The van der Waals surface area contributed by atoms with E-state index in [1.165, 1.54) is 18.2 Å². The number of piperidine rings is 1. The van der Waals surface area contributed by atoms with E-state index in [0.717, 1.165) is 30.8 Å². The summed E-state index contributed by atoms with van der Waals surface area (Å²) in [5.41, 5.74) is 8.01. The van der Waals surface area contributed by atoms with Crippen molar-refractivity contribution in [2.75, 3.05) is 20.1 Å². The molecule has 146 valence electrons. The van der Waals surface area contributed by atoms with Crippen LogP contribution in [0.25, 0.3) is 0 Å². The molecule has 1 aromatic carbocycles. The molecule has 0 radical (unpaired) electrons. The first-order valence-corrected chi connectivity index (χ1v) is 9.39. The lowest BCUT2D eigenvalue weighted by molar-refractivity contribution is 0.113. The van der Waals surface area contributed by atoms with Crippen LogP contribution in [0.3, 0.4) is 0 Å². The van der Waals surface area contributed by atoms with Crippen LogP contribution in [0.1, 0.15) is 24.0 Å². The van der Waals surface area contributed by atoms with Gasteiger partial charge in [0.05, 0.1) is 18.2 Å². The molecule has 0 bridgehead atoms. The Kier molecular flexibility index (Phi) is 4.69. The summed E-state index contributed by atoms with van der Waals surface area (Å²) in [6.07, 6.45) is 5.46. The molecule has 2 atom stereocenters. The molecule has 0 aromatic heterocycles. The molecule has 2 amide bonds. The number of carbonyl (C=O) groups is 1. The van der Waals surface area contributed by atoms with Crippen molar-refractivity contribution in [2.45, 2.75) is 31.6 Å². The van der Waals surface area contributed by atoms with Crippen molar-refractivity contribution in [1.82, 2.24) is 20.0 Å². The van der Waals surface area contributed by atoms with Gasteiger partial charge in [-0.15, -0.1) is 0 Å². The number of amides is 2. The second kappa shape index (κ2) is 7.17. The molecule has 1 aromatic rings. The fourth-order valence-corrected chi connectivity index (χ4v) is 4.15. The number of halogens is 1. The summed E-state index contributed by atoms with van der Waals surface area (Å²) in [7, 11) is 1.73. The number of urea groups is 1. The van der Waals surface area contributed by atoms with Crippen LogP contribution in [0.2, 0.25) is 0 Å². The maximum Gasteiger partial charge on any atom is 0.327 e. The third kappa shape index (κ3) is 3.08. The lowest BCUT2D eigenvalue weighted by Crippen LogP contribution is -2.58. The summed E-state index contributed by atoms with van der Waals surface area (Å²) in [6.45, 7) is 1.57. The van der Waals surface area contributed by atoms with Gasteiger partial charge in [-0.1, -0.05) is 0 Å². The zero-order chi connectivity index (χ0) is 19.8. The number of carbonyl (C=O) groups excluding carboxylic acids is 1. The molecular weight excluding hydrogens is 359 g/mol. The summed E-state index contributed by atoms with van der Waals surface area (Å²) >= 11 is 0. The molecule has 28 heavy (non-hydrogen) atoms. The molecule has 1 fully saturated rings. The Morgan fingerprint density at radius 3 is 3.00 bits per heavy atom. The van der Waals surface area contributed by atoms with E-state index >= 15 is 0 Å². The van der Waals surface area contributed by atoms with Gasteiger partial charge in [0.2, 0.25) is 0 Å². The molecule has 1 saturated heterocycles. The number of nitrogens with one attached hydrogen (secondary N) is 1. The molecule has 3 aliphatic heterocycles. The Morgan fingerprint density at radius 2 is 2.25 bits per heavy atom. The lowest BCUT2D eigenvalue weighted by Gasteiger charge is -2.46. The molecule has 0 spiro atoms. The topological polar surface area (TPSA) is 88.6 Å². The Hall–Kier alpha value is -3.05. The lowest BCUT2D eigenvalue weighted by atomic mass is 10.0. The molecule has 7 nitrogen and oxygen atoms in total. The molecule has 0 aliphatic carbocycles. The van der Waals surface area contributed by atoms with Crippen molar-refractivity contribution in [3.05, 3.63) is 58.8 Å². The number of likely N-dealkylation sites (N-methyl/N-ethyl adjacent to an activating group) is 1. The minimum absolute atomic E-state index is 0.0408. The van der Waals surface area contributed by atoms with Crippen LogP contribution in [0.4, 0.5) is 9.18 Å². The predicted molar refractivity (Wildman–Crippen MR) is 102 cm³/mol. The fraction of sp³-hybridized carbons (Fsp3) is 0.400. The summed E-state index contributed by atoms with van der Waals surface area (Å²) in [6, 6.07) is 5.96. The number of likely N-dealkylation sites (tertiary alicyclic amines) is 1. The maximum absolute atomic E-state index is 13.8. The Labute approximate surface area is 163 Å². The Morgan fingerprint density at radius 1 is 1.43 bits per heavy atom. The average Bonchev–Trinajstić information content (AvgIpc) is 3.16. The van der Waals surface area contributed by atoms with Crippen molar-refractivity contribution in [3.63, 3.8) is 0 Å². The van der Waals surface area contributed by atoms with Crippen molar-refractivity contribution in [2.24, 2.45) is 5.73 Å². The highest BCUT2D eigenvalue weighted by Gasteiger charge is 2.41. The highest BCUT2D eigenvalue weighted by atomic mass is 19.1. The molecule has 1 unspecified atom stereocenters. The highest BCUT2D eigenvalue weighted by Crippen LogP contribution is 2.33. The second-order valence-electron chi connectivity index (χ2n) is 7.42. The SMILES string of the molecule is CN1C(=O)N(Cc2cc(F)ccc2C#N)C(N2CCC[C@@H](N)C2)=C2C=CNC21. The summed E-state index contributed by atoms with van der Waals surface area (Å²) in [5.74, 6) is 0.360. The normalized spacial score (nSPS) is 24.4. The van der Waals surface area contributed by atoms with Crippen molar-refractivity contribution in [1.29, 1.82) is 5.26 Å². The minimum atomic E-state index is -0.429. The van der Waals surface area contributed by atoms with Gasteiger partial charge in [0.25, 0.3) is 0 Å². The number of nitriles is 1. The van der Waals surface area contributed by atoms with Gasteiger partial charge in [0.15, 0.2) is 0 Å². The van der Waals surface area contributed by atoms with Crippen LogP contribution in [-0.4, -0.2) is 53.1 Å². The van der Waals surface area contributed by atoms with Crippen LogP contribution in [0, 0.1) is 17.1 Å². The van der Waals surface area contributed by atoms with Crippen LogP contribution in [-0.2, 0) is 6.54 Å². The van der Waals surface area contributed by atoms with Gasteiger partial charge in [0, 0.05) is 31.8 Å². The number of rotatable bonds is 3. The van der Waals surface area contributed by atoms with E-state index in [1.807, 2.05) is 12.3 Å². The third-order valence-electron chi connectivity index (χ3n) is 5.52. The first-order chi connectivity index (χ1) is 13.5. The van der Waals surface area contributed by atoms with E-state index in [2.05, 4.69) is 16.3 Å². The number of benzene rings is 1. The number of nitrogens with two attached hydrogens (primary N) is 1. The van der Waals surface area contributed by atoms with E-state index < -0.39 is 5.82 Å². The molecule has 8 heteroatoms. The monoisotopic (exact) mass is 382 g/mol. The molecular formula is C20H23FN6O. The molecule has 3 aliphatic rings. The zero-order valence-corrected chi connectivity index (χ0v) is 15.7. The van der Waals surface area contributed by atoms with Crippen LogP contribution in [0.5, 0.6) is 0 Å². The first-order valence-electron chi connectivity index (χ1n) is 9.39. The fourth-order valence-electron chi connectivity index (χ4n) is 4.15. The third-order valence-corrected chi connectivity index (χ3v) is 5.52. The average molecular weight is 382 g/mol. The number of fused-ring (bicyclic) bond motifs is 1. The maximum atomic E-state index is 13.8. The van der Waals surface area contributed by atoms with Crippen molar-refractivity contribution >= 4 is 6.03 Å². The van der Waals surface area contributed by atoms with Crippen LogP contribution >= 0.6 is 0 Å². The van der Waals surface area contributed by atoms with E-state index in [0.29, 0.717) is 17.7 Å². The Balaban J connectivity index is 1.78. The summed E-state index contributed by atoms with van der Waals surface area (Å²) < 4.78 is 13.8. The molecule has 3 N–H and O–H groups in total. The molecule has 4 rings (SSSR count). The minimum Gasteiger partial charge on any atom is -0.367 e. The van der Waals surface area contributed by atoms with Gasteiger partial charge >= 0.3 is 6.03 Å². The van der Waals surface area contributed by atoms with Crippen LogP contribution in [0.15, 0.2) is 41.9 Å².